The van der Waals surface area contributed by atoms with Gasteiger partial charge in [0.2, 0.25) is 0 Å². The lowest BCUT2D eigenvalue weighted by Gasteiger charge is -2.42. The van der Waals surface area contributed by atoms with Gasteiger partial charge in [-0.15, -0.1) is 0 Å². The van der Waals surface area contributed by atoms with Gasteiger partial charge in [0.05, 0.1) is 11.5 Å². The Hall–Kier alpha value is -2.09. The summed E-state index contributed by atoms with van der Waals surface area (Å²) in [5.74, 6) is -0.247. The van der Waals surface area contributed by atoms with E-state index in [1.165, 1.54) is 12.1 Å². The lowest BCUT2D eigenvalue weighted by molar-refractivity contribution is 0.0126. The minimum atomic E-state index is -0.537. The van der Waals surface area contributed by atoms with Gasteiger partial charge in [0, 0.05) is 19.0 Å². The topological polar surface area (TPSA) is 53.3 Å². The molecule has 2 rings (SSSR count). The molecule has 1 unspecified atom stereocenters. The molecule has 0 radical (unpaired) electrons. The zero-order valence-electron chi connectivity index (χ0n) is 15.5. The van der Waals surface area contributed by atoms with Crippen LogP contribution < -0.4 is 0 Å². The highest BCUT2D eigenvalue weighted by molar-refractivity contribution is 5.68. The van der Waals surface area contributed by atoms with Gasteiger partial charge in [-0.05, 0) is 57.7 Å². The summed E-state index contributed by atoms with van der Waals surface area (Å²) in [5.41, 5.74) is -0.0809. The quantitative estimate of drug-likeness (QED) is 0.785. The zero-order valence-corrected chi connectivity index (χ0v) is 15.5. The van der Waals surface area contributed by atoms with E-state index >= 15 is 0 Å². The van der Waals surface area contributed by atoms with E-state index in [2.05, 4.69) is 6.07 Å². The minimum absolute atomic E-state index is 0.0267. The second-order valence-electron chi connectivity index (χ2n) is 7.75. The number of likely N-dealkylation sites (tertiary alicyclic amines) is 1. The summed E-state index contributed by atoms with van der Waals surface area (Å²) in [4.78, 5) is 13.9. The van der Waals surface area contributed by atoms with Crippen LogP contribution in [0.2, 0.25) is 0 Å². The summed E-state index contributed by atoms with van der Waals surface area (Å²) in [6.07, 6.45) is 1.66. The van der Waals surface area contributed by atoms with Crippen LogP contribution in [0.4, 0.5) is 9.18 Å². The predicted octanol–water partition coefficient (Wildman–Crippen LogP) is 4.86. The number of carbonyl (C=O) groups excluding carboxylic acids is 1. The Kier molecular flexibility index (Phi) is 5.72. The number of carbonyl (C=O) groups is 1. The molecule has 1 heterocycles. The van der Waals surface area contributed by atoms with Crippen molar-refractivity contribution in [3.05, 3.63) is 35.6 Å². The van der Waals surface area contributed by atoms with E-state index in [0.717, 1.165) is 12.0 Å². The molecule has 1 amide bonds. The van der Waals surface area contributed by atoms with Crippen molar-refractivity contribution in [3.63, 3.8) is 0 Å². The first-order valence-electron chi connectivity index (χ1n) is 8.85. The molecule has 0 aromatic heterocycles. The molecule has 5 heteroatoms. The fourth-order valence-electron chi connectivity index (χ4n) is 3.59. The molecule has 0 N–H and O–H groups in total. The zero-order chi connectivity index (χ0) is 18.7. The number of halogens is 1. The van der Waals surface area contributed by atoms with Crippen molar-refractivity contribution >= 4 is 6.09 Å². The molecule has 1 aliphatic heterocycles. The second-order valence-corrected chi connectivity index (χ2v) is 7.75. The molecule has 1 saturated heterocycles. The van der Waals surface area contributed by atoms with Crippen LogP contribution in [-0.4, -0.2) is 29.7 Å². The molecule has 0 spiro atoms. The van der Waals surface area contributed by atoms with E-state index in [-0.39, 0.29) is 17.8 Å². The number of benzene rings is 1. The van der Waals surface area contributed by atoms with Crippen molar-refractivity contribution < 1.29 is 13.9 Å². The molecule has 1 fully saturated rings. The largest absolute Gasteiger partial charge is 0.444 e. The van der Waals surface area contributed by atoms with E-state index in [9.17, 15) is 14.4 Å². The van der Waals surface area contributed by atoms with Crippen molar-refractivity contribution in [2.75, 3.05) is 13.1 Å². The van der Waals surface area contributed by atoms with Crippen molar-refractivity contribution in [1.29, 1.82) is 5.26 Å². The third kappa shape index (κ3) is 4.50. The van der Waals surface area contributed by atoms with Crippen LogP contribution in [0.1, 0.15) is 58.4 Å². The smallest absolute Gasteiger partial charge is 0.410 e. The fourth-order valence-corrected chi connectivity index (χ4v) is 3.59. The highest BCUT2D eigenvalue weighted by atomic mass is 19.1. The average molecular weight is 346 g/mol. The molecule has 1 aliphatic rings. The van der Waals surface area contributed by atoms with E-state index in [1.807, 2.05) is 27.7 Å². The number of hydrogen-bond acceptors (Lipinski definition) is 3. The highest BCUT2D eigenvalue weighted by Gasteiger charge is 2.43. The van der Waals surface area contributed by atoms with Crippen LogP contribution >= 0.6 is 0 Å². The highest BCUT2D eigenvalue weighted by Crippen LogP contribution is 2.46. The molecule has 25 heavy (non-hydrogen) atoms. The van der Waals surface area contributed by atoms with Gasteiger partial charge in [0.15, 0.2) is 0 Å². The summed E-state index contributed by atoms with van der Waals surface area (Å²) in [6.45, 7) is 8.58. The monoisotopic (exact) mass is 346 g/mol. The van der Waals surface area contributed by atoms with Gasteiger partial charge in [-0.2, -0.15) is 5.26 Å². The summed E-state index contributed by atoms with van der Waals surface area (Å²) < 4.78 is 18.7. The van der Waals surface area contributed by atoms with Gasteiger partial charge in [-0.25, -0.2) is 9.18 Å². The molecular weight excluding hydrogens is 319 g/mol. The minimum Gasteiger partial charge on any atom is -0.444 e. The number of amides is 1. The predicted molar refractivity (Wildman–Crippen MR) is 94.5 cm³/mol. The Labute approximate surface area is 149 Å². The van der Waals surface area contributed by atoms with Gasteiger partial charge in [-0.3, -0.25) is 0 Å². The maximum Gasteiger partial charge on any atom is 0.410 e. The fraction of sp³-hybridized carbons (Fsp3) is 0.600. The van der Waals surface area contributed by atoms with Crippen molar-refractivity contribution in [1.82, 2.24) is 4.90 Å². The molecule has 0 saturated carbocycles. The van der Waals surface area contributed by atoms with Crippen LogP contribution in [0.25, 0.3) is 0 Å². The molecule has 0 aliphatic carbocycles. The number of ether oxygens (including phenoxy) is 1. The van der Waals surface area contributed by atoms with E-state index in [0.29, 0.717) is 25.9 Å². The SMILES string of the molecule is CCC(c1ccc(F)cc1)C1(C#N)CCN(C(=O)OC(C)(C)C)CC1. The van der Waals surface area contributed by atoms with Crippen LogP contribution in [0, 0.1) is 22.6 Å². The van der Waals surface area contributed by atoms with Crippen molar-refractivity contribution in [2.24, 2.45) is 5.41 Å². The average Bonchev–Trinajstić information content (AvgIpc) is 2.56. The first kappa shape index (κ1) is 19.2. The number of nitriles is 1. The first-order chi connectivity index (χ1) is 11.7. The number of hydrogen-bond donors (Lipinski definition) is 0. The van der Waals surface area contributed by atoms with Gasteiger partial charge < -0.3 is 9.64 Å². The second kappa shape index (κ2) is 7.43. The van der Waals surface area contributed by atoms with Gasteiger partial charge in [-0.1, -0.05) is 19.1 Å². The standard InChI is InChI=1S/C20H27FN2O2/c1-5-17(15-6-8-16(21)9-7-15)20(14-22)10-12-23(13-11-20)18(24)25-19(2,3)4/h6-9,17H,5,10-13H2,1-4H3. The van der Waals surface area contributed by atoms with Gasteiger partial charge >= 0.3 is 6.09 Å². The van der Waals surface area contributed by atoms with E-state index < -0.39 is 11.0 Å². The number of nitrogens with zero attached hydrogens (tertiary/aromatic N) is 2. The Morgan fingerprint density at radius 2 is 1.88 bits per heavy atom. The molecular formula is C20H27FN2O2. The van der Waals surface area contributed by atoms with Crippen LogP contribution in [0.5, 0.6) is 0 Å². The Balaban J connectivity index is 2.13. The third-order valence-electron chi connectivity index (χ3n) is 4.88. The summed E-state index contributed by atoms with van der Waals surface area (Å²) in [6, 6.07) is 8.94. The molecule has 1 aromatic rings. The Bertz CT molecular complexity index is 635. The molecule has 1 atom stereocenters. The Morgan fingerprint density at radius 1 is 1.32 bits per heavy atom. The lowest BCUT2D eigenvalue weighted by atomic mass is 9.66. The van der Waals surface area contributed by atoms with Crippen LogP contribution in [0.15, 0.2) is 24.3 Å². The molecule has 1 aromatic carbocycles. The Morgan fingerprint density at radius 3 is 2.32 bits per heavy atom. The summed E-state index contributed by atoms with van der Waals surface area (Å²) in [7, 11) is 0. The van der Waals surface area contributed by atoms with Gasteiger partial charge in [0.25, 0.3) is 0 Å². The third-order valence-corrected chi connectivity index (χ3v) is 4.88. The van der Waals surface area contributed by atoms with Crippen LogP contribution in [0.3, 0.4) is 0 Å². The lowest BCUT2D eigenvalue weighted by Crippen LogP contribution is -2.46. The normalized spacial score (nSPS) is 18.3. The van der Waals surface area contributed by atoms with E-state index in [1.54, 1.807) is 17.0 Å². The number of piperidine rings is 1. The molecule has 4 nitrogen and oxygen atoms in total. The maximum absolute atomic E-state index is 13.2. The summed E-state index contributed by atoms with van der Waals surface area (Å²) >= 11 is 0. The first-order valence-corrected chi connectivity index (χ1v) is 8.85. The van der Waals surface area contributed by atoms with Crippen molar-refractivity contribution in [2.45, 2.75) is 58.5 Å². The van der Waals surface area contributed by atoms with Gasteiger partial charge in [0.1, 0.15) is 11.4 Å². The maximum atomic E-state index is 13.2. The van der Waals surface area contributed by atoms with E-state index in [4.69, 9.17) is 4.74 Å². The summed E-state index contributed by atoms with van der Waals surface area (Å²) in [5, 5.41) is 9.91. The van der Waals surface area contributed by atoms with Crippen LogP contribution in [-0.2, 0) is 4.74 Å². The molecule has 136 valence electrons. The number of rotatable bonds is 3. The molecule has 0 bridgehead atoms. The van der Waals surface area contributed by atoms with Crippen molar-refractivity contribution in [3.8, 4) is 6.07 Å².